The molecule has 0 atom stereocenters. The van der Waals surface area contributed by atoms with E-state index in [1.807, 2.05) is 0 Å². The summed E-state index contributed by atoms with van der Waals surface area (Å²) < 4.78 is 2.71. The van der Waals surface area contributed by atoms with Crippen LogP contribution in [0.4, 0.5) is 0 Å². The van der Waals surface area contributed by atoms with Crippen LogP contribution in [0.1, 0.15) is 47.2 Å². The highest BCUT2D eigenvalue weighted by atomic mass is 28.3. The molecule has 26 heavy (non-hydrogen) atoms. The Hall–Kier alpha value is -1.80. The molecule has 0 saturated carbocycles. The van der Waals surface area contributed by atoms with E-state index in [2.05, 4.69) is 107 Å². The maximum Gasteiger partial charge on any atom is 0.169 e. The molecule has 0 saturated heterocycles. The zero-order valence-corrected chi connectivity index (χ0v) is 18.4. The third kappa shape index (κ3) is 2.75. The molecule has 0 radical (unpaired) electrons. The van der Waals surface area contributed by atoms with Gasteiger partial charge in [0.15, 0.2) is 8.24 Å². The first-order chi connectivity index (χ1) is 12.3. The van der Waals surface area contributed by atoms with Crippen LogP contribution in [0.5, 0.6) is 0 Å². The van der Waals surface area contributed by atoms with Gasteiger partial charge < -0.3 is 4.23 Å². The normalized spacial score (nSPS) is 12.7. The van der Waals surface area contributed by atoms with Crippen molar-refractivity contribution in [3.8, 4) is 11.1 Å². The molecule has 138 valence electrons. The first kappa shape index (κ1) is 19.0. The third-order valence-corrected chi connectivity index (χ3v) is 13.3. The molecule has 0 bridgehead atoms. The highest BCUT2D eigenvalue weighted by molar-refractivity contribution is 6.82. The Kier molecular flexibility index (Phi) is 5.16. The molecule has 1 nitrogen and oxygen atoms in total. The number of rotatable bonds is 5. The van der Waals surface area contributed by atoms with E-state index in [1.54, 1.807) is 0 Å². The van der Waals surface area contributed by atoms with Crippen LogP contribution in [0.3, 0.4) is 0 Å². The molecule has 3 rings (SSSR count). The lowest BCUT2D eigenvalue weighted by molar-refractivity contribution is 0.758. The summed E-state index contributed by atoms with van der Waals surface area (Å²) >= 11 is 0. The van der Waals surface area contributed by atoms with Gasteiger partial charge in [-0.1, -0.05) is 84.0 Å². The zero-order valence-electron chi connectivity index (χ0n) is 17.4. The maximum absolute atomic E-state index is 2.71. The first-order valence-electron chi connectivity index (χ1n) is 9.98. The van der Waals surface area contributed by atoms with Gasteiger partial charge in [0.1, 0.15) is 0 Å². The molecule has 0 aliphatic heterocycles. The fourth-order valence-corrected chi connectivity index (χ4v) is 12.2. The minimum absolute atomic E-state index is 0.703. The van der Waals surface area contributed by atoms with Gasteiger partial charge in [-0.25, -0.2) is 0 Å². The van der Waals surface area contributed by atoms with Crippen LogP contribution < -0.4 is 0 Å². The van der Waals surface area contributed by atoms with Crippen molar-refractivity contribution in [3.05, 3.63) is 60.4 Å². The second kappa shape index (κ2) is 7.07. The van der Waals surface area contributed by atoms with Crippen LogP contribution in [0, 0.1) is 6.92 Å². The van der Waals surface area contributed by atoms with Gasteiger partial charge in [-0.3, -0.25) is 0 Å². The largest absolute Gasteiger partial charge is 0.377 e. The first-order valence-corrected chi connectivity index (χ1v) is 12.2. The van der Waals surface area contributed by atoms with Crippen LogP contribution in [-0.2, 0) is 0 Å². The Morgan fingerprint density at radius 1 is 0.692 bits per heavy atom. The lowest BCUT2D eigenvalue weighted by Gasteiger charge is -2.45. The summed E-state index contributed by atoms with van der Waals surface area (Å²) in [6.45, 7) is 16.9. The molecule has 0 aliphatic carbocycles. The van der Waals surface area contributed by atoms with Crippen molar-refractivity contribution in [2.75, 3.05) is 0 Å². The SMILES string of the molecule is Cc1c(-c2cccc3ccccc23)ccn1[Si](C(C)C)(C(C)C)C(C)C. The van der Waals surface area contributed by atoms with Crippen molar-refractivity contribution in [2.24, 2.45) is 0 Å². The number of hydrogen-bond donors (Lipinski definition) is 0. The Bertz CT molecular complexity index is 874. The number of benzene rings is 2. The summed E-state index contributed by atoms with van der Waals surface area (Å²) in [5.74, 6) is 0. The highest BCUT2D eigenvalue weighted by Crippen LogP contribution is 2.45. The van der Waals surface area contributed by atoms with E-state index in [-0.39, 0.29) is 0 Å². The van der Waals surface area contributed by atoms with E-state index < -0.39 is 8.24 Å². The fraction of sp³-hybridized carbons (Fsp3) is 0.417. The lowest BCUT2D eigenvalue weighted by atomic mass is 9.99. The van der Waals surface area contributed by atoms with Crippen LogP contribution in [0.15, 0.2) is 54.7 Å². The van der Waals surface area contributed by atoms with Crippen molar-refractivity contribution in [3.63, 3.8) is 0 Å². The second-order valence-corrected chi connectivity index (χ2v) is 14.3. The van der Waals surface area contributed by atoms with Crippen LogP contribution >= 0.6 is 0 Å². The Morgan fingerprint density at radius 3 is 1.88 bits per heavy atom. The van der Waals surface area contributed by atoms with E-state index >= 15 is 0 Å². The second-order valence-electron chi connectivity index (χ2n) is 8.56. The molecule has 0 fully saturated rings. The van der Waals surface area contributed by atoms with Crippen molar-refractivity contribution >= 4 is 19.0 Å². The van der Waals surface area contributed by atoms with Crippen LogP contribution in [-0.4, -0.2) is 12.5 Å². The molecule has 2 aromatic carbocycles. The number of fused-ring (bicyclic) bond motifs is 1. The molecule has 0 unspecified atom stereocenters. The minimum atomic E-state index is -1.71. The maximum atomic E-state index is 2.71. The fourth-order valence-electron chi connectivity index (χ4n) is 5.51. The monoisotopic (exact) mass is 363 g/mol. The molecule has 0 aliphatic rings. The van der Waals surface area contributed by atoms with Gasteiger partial charge in [-0.05, 0) is 52.1 Å². The number of aromatic nitrogens is 1. The third-order valence-electron chi connectivity index (χ3n) is 6.41. The van der Waals surface area contributed by atoms with Gasteiger partial charge in [0.25, 0.3) is 0 Å². The van der Waals surface area contributed by atoms with E-state index in [0.717, 1.165) is 0 Å². The predicted molar refractivity (Wildman–Crippen MR) is 119 cm³/mol. The molecule has 2 heteroatoms. The average Bonchev–Trinajstić information content (AvgIpc) is 2.96. The standard InChI is InChI=1S/C24H33NSi/c1-17(2)26(18(3)4,19(5)6)25-16-15-22(20(25)7)24-14-10-12-21-11-8-9-13-23(21)24/h8-19H,1-7H3. The molecule has 1 aromatic heterocycles. The summed E-state index contributed by atoms with van der Waals surface area (Å²) in [5.41, 5.74) is 6.29. The Morgan fingerprint density at radius 2 is 1.27 bits per heavy atom. The molecular formula is C24H33NSi. The predicted octanol–water partition coefficient (Wildman–Crippen LogP) is 7.64. The molecule has 0 N–H and O–H groups in total. The van der Waals surface area contributed by atoms with Gasteiger partial charge in [-0.2, -0.15) is 0 Å². The van der Waals surface area contributed by atoms with Crippen LogP contribution in [0.25, 0.3) is 21.9 Å². The van der Waals surface area contributed by atoms with Gasteiger partial charge in [0.05, 0.1) is 0 Å². The molecular weight excluding hydrogens is 330 g/mol. The topological polar surface area (TPSA) is 4.93 Å². The van der Waals surface area contributed by atoms with Gasteiger partial charge in [0, 0.05) is 11.3 Å². The molecule has 0 spiro atoms. The highest BCUT2D eigenvalue weighted by Gasteiger charge is 2.45. The molecule has 3 aromatic rings. The molecule has 0 amide bonds. The van der Waals surface area contributed by atoms with E-state index in [1.165, 1.54) is 27.6 Å². The van der Waals surface area contributed by atoms with Gasteiger partial charge in [0.2, 0.25) is 0 Å². The van der Waals surface area contributed by atoms with Gasteiger partial charge in [-0.15, -0.1) is 0 Å². The quantitative estimate of drug-likeness (QED) is 0.410. The average molecular weight is 364 g/mol. The van der Waals surface area contributed by atoms with Crippen molar-refractivity contribution in [2.45, 2.75) is 65.1 Å². The Balaban J connectivity index is 2.25. The summed E-state index contributed by atoms with van der Waals surface area (Å²) in [6.07, 6.45) is 2.39. The summed E-state index contributed by atoms with van der Waals surface area (Å²) in [5, 5.41) is 2.67. The summed E-state index contributed by atoms with van der Waals surface area (Å²) in [6, 6.07) is 17.8. The van der Waals surface area contributed by atoms with Crippen LogP contribution in [0.2, 0.25) is 16.6 Å². The summed E-state index contributed by atoms with van der Waals surface area (Å²) in [7, 11) is -1.71. The van der Waals surface area contributed by atoms with Crippen molar-refractivity contribution in [1.29, 1.82) is 0 Å². The molecule has 1 heterocycles. The summed E-state index contributed by atoms with van der Waals surface area (Å²) in [4.78, 5) is 0. The van der Waals surface area contributed by atoms with Gasteiger partial charge >= 0.3 is 0 Å². The minimum Gasteiger partial charge on any atom is -0.377 e. The van der Waals surface area contributed by atoms with Crippen molar-refractivity contribution in [1.82, 2.24) is 4.23 Å². The lowest BCUT2D eigenvalue weighted by Crippen LogP contribution is -2.52. The Labute approximate surface area is 160 Å². The smallest absolute Gasteiger partial charge is 0.169 e. The van der Waals surface area contributed by atoms with Crippen molar-refractivity contribution < 1.29 is 0 Å². The van der Waals surface area contributed by atoms with E-state index in [4.69, 9.17) is 0 Å². The van der Waals surface area contributed by atoms with E-state index in [9.17, 15) is 0 Å². The number of hydrogen-bond acceptors (Lipinski definition) is 0. The number of nitrogens with zero attached hydrogens (tertiary/aromatic N) is 1. The zero-order chi connectivity index (χ0) is 19.1. The van der Waals surface area contributed by atoms with E-state index in [0.29, 0.717) is 16.6 Å².